The maximum atomic E-state index is 12.6. The molecule has 26 heavy (non-hydrogen) atoms. The number of carbonyl (C=O) groups is 2. The fourth-order valence-electron chi connectivity index (χ4n) is 2.46. The molecule has 132 valence electrons. The Morgan fingerprint density at radius 1 is 1.12 bits per heavy atom. The Hall–Kier alpha value is -3.26. The predicted molar refractivity (Wildman–Crippen MR) is 100 cm³/mol. The van der Waals surface area contributed by atoms with Gasteiger partial charge in [-0.05, 0) is 61.4 Å². The Labute approximate surface area is 153 Å². The lowest BCUT2D eigenvalue weighted by Crippen LogP contribution is -2.27. The molecule has 1 N–H and O–H groups in total. The van der Waals surface area contributed by atoms with E-state index in [4.69, 9.17) is 11.2 Å². The molecule has 0 aromatic heterocycles. The molecule has 0 unspecified atom stereocenters. The van der Waals surface area contributed by atoms with Gasteiger partial charge in [-0.1, -0.05) is 5.92 Å². The van der Waals surface area contributed by atoms with E-state index >= 15 is 0 Å². The Kier molecular flexibility index (Phi) is 5.23. The van der Waals surface area contributed by atoms with Crippen molar-refractivity contribution in [3.63, 3.8) is 0 Å². The standard InChI is InChI=1S/C21H20N2O3/c1-3-14-26-19-12-10-18(11-13-19)23(2)21(25)16-6-4-15(5-7-16)20(24)22-17-8-9-17/h1,4-7,10-13,17H,8-9,14H2,2H3,(H,22,24). The summed E-state index contributed by atoms with van der Waals surface area (Å²) >= 11 is 0. The summed E-state index contributed by atoms with van der Waals surface area (Å²) in [5.74, 6) is 2.80. The molecule has 0 bridgehead atoms. The van der Waals surface area contributed by atoms with Gasteiger partial charge in [0.25, 0.3) is 11.8 Å². The monoisotopic (exact) mass is 348 g/mol. The zero-order chi connectivity index (χ0) is 18.5. The number of nitrogens with one attached hydrogen (secondary N) is 1. The molecule has 1 fully saturated rings. The van der Waals surface area contributed by atoms with Crippen LogP contribution in [0.1, 0.15) is 33.6 Å². The fourth-order valence-corrected chi connectivity index (χ4v) is 2.46. The van der Waals surface area contributed by atoms with Crippen LogP contribution in [0.25, 0.3) is 0 Å². The minimum absolute atomic E-state index is 0.0950. The number of amides is 2. The van der Waals surface area contributed by atoms with Crippen LogP contribution < -0.4 is 15.0 Å². The van der Waals surface area contributed by atoms with Gasteiger partial charge >= 0.3 is 0 Å². The third-order valence-corrected chi connectivity index (χ3v) is 4.16. The number of anilines is 1. The lowest BCUT2D eigenvalue weighted by Gasteiger charge is -2.18. The predicted octanol–water partition coefficient (Wildman–Crippen LogP) is 2.87. The Balaban J connectivity index is 1.65. The van der Waals surface area contributed by atoms with Crippen LogP contribution >= 0.6 is 0 Å². The highest BCUT2D eigenvalue weighted by atomic mass is 16.5. The summed E-state index contributed by atoms with van der Waals surface area (Å²) in [6, 6.07) is 14.1. The topological polar surface area (TPSA) is 58.6 Å². The van der Waals surface area contributed by atoms with Crippen LogP contribution in [0.4, 0.5) is 5.69 Å². The number of nitrogens with zero attached hydrogens (tertiary/aromatic N) is 1. The highest BCUT2D eigenvalue weighted by Gasteiger charge is 2.24. The highest BCUT2D eigenvalue weighted by molar-refractivity contribution is 6.06. The van der Waals surface area contributed by atoms with E-state index in [0.717, 1.165) is 18.5 Å². The van der Waals surface area contributed by atoms with Gasteiger partial charge in [-0.2, -0.15) is 0 Å². The minimum Gasteiger partial charge on any atom is -0.481 e. The molecule has 0 radical (unpaired) electrons. The van der Waals surface area contributed by atoms with Gasteiger partial charge in [0, 0.05) is 29.9 Å². The van der Waals surface area contributed by atoms with Crippen molar-refractivity contribution in [2.75, 3.05) is 18.6 Å². The van der Waals surface area contributed by atoms with Crippen LogP contribution in [0.3, 0.4) is 0 Å². The third-order valence-electron chi connectivity index (χ3n) is 4.16. The van der Waals surface area contributed by atoms with Gasteiger partial charge in [-0.3, -0.25) is 9.59 Å². The summed E-state index contributed by atoms with van der Waals surface area (Å²) in [5, 5.41) is 2.93. The molecule has 1 saturated carbocycles. The second-order valence-electron chi connectivity index (χ2n) is 6.18. The van der Waals surface area contributed by atoms with E-state index in [0.29, 0.717) is 22.9 Å². The number of hydrogen-bond donors (Lipinski definition) is 1. The summed E-state index contributed by atoms with van der Waals surface area (Å²) < 4.78 is 5.32. The van der Waals surface area contributed by atoms with Gasteiger partial charge in [0.05, 0.1) is 0 Å². The maximum absolute atomic E-state index is 12.6. The van der Waals surface area contributed by atoms with Crippen molar-refractivity contribution < 1.29 is 14.3 Å². The summed E-state index contributed by atoms with van der Waals surface area (Å²) in [6.07, 6.45) is 7.24. The molecule has 1 aliphatic carbocycles. The molecule has 1 aliphatic rings. The van der Waals surface area contributed by atoms with Crippen LogP contribution in [-0.2, 0) is 0 Å². The zero-order valence-corrected chi connectivity index (χ0v) is 14.6. The van der Waals surface area contributed by atoms with E-state index < -0.39 is 0 Å². The van der Waals surface area contributed by atoms with E-state index in [2.05, 4.69) is 11.2 Å². The number of terminal acetylenes is 1. The molecule has 5 heteroatoms. The van der Waals surface area contributed by atoms with Gasteiger partial charge in [0.1, 0.15) is 12.4 Å². The largest absolute Gasteiger partial charge is 0.481 e. The molecular formula is C21H20N2O3. The number of hydrogen-bond acceptors (Lipinski definition) is 3. The molecular weight excluding hydrogens is 328 g/mol. The van der Waals surface area contributed by atoms with Crippen molar-refractivity contribution in [3.05, 3.63) is 59.7 Å². The first-order valence-electron chi connectivity index (χ1n) is 8.44. The van der Waals surface area contributed by atoms with Crippen molar-refractivity contribution in [1.29, 1.82) is 0 Å². The van der Waals surface area contributed by atoms with E-state index in [1.807, 2.05) is 0 Å². The molecule has 0 aliphatic heterocycles. The molecule has 0 atom stereocenters. The minimum atomic E-state index is -0.156. The molecule has 5 nitrogen and oxygen atoms in total. The average molecular weight is 348 g/mol. The van der Waals surface area contributed by atoms with E-state index in [-0.39, 0.29) is 18.4 Å². The summed E-state index contributed by atoms with van der Waals surface area (Å²) in [6.45, 7) is 0.203. The van der Waals surface area contributed by atoms with Crippen molar-refractivity contribution in [2.24, 2.45) is 0 Å². The van der Waals surface area contributed by atoms with Crippen molar-refractivity contribution in [1.82, 2.24) is 5.32 Å². The smallest absolute Gasteiger partial charge is 0.258 e. The van der Waals surface area contributed by atoms with Gasteiger partial charge in [-0.15, -0.1) is 6.42 Å². The van der Waals surface area contributed by atoms with Gasteiger partial charge in [0.2, 0.25) is 0 Å². The van der Waals surface area contributed by atoms with Crippen LogP contribution in [0.15, 0.2) is 48.5 Å². The number of rotatable bonds is 6. The average Bonchev–Trinajstić information content (AvgIpc) is 3.49. The van der Waals surface area contributed by atoms with Crippen molar-refractivity contribution in [2.45, 2.75) is 18.9 Å². The molecule has 2 amide bonds. The normalized spacial score (nSPS) is 12.8. The van der Waals surface area contributed by atoms with Crippen LogP contribution in [0.2, 0.25) is 0 Å². The van der Waals surface area contributed by atoms with E-state index in [1.54, 1.807) is 60.5 Å². The maximum Gasteiger partial charge on any atom is 0.258 e. The second-order valence-corrected chi connectivity index (χ2v) is 6.18. The first-order chi connectivity index (χ1) is 12.6. The molecule has 2 aromatic rings. The van der Waals surface area contributed by atoms with Gasteiger partial charge in [0.15, 0.2) is 0 Å². The first kappa shape index (κ1) is 17.6. The summed E-state index contributed by atoms with van der Waals surface area (Å²) in [4.78, 5) is 26.2. The third kappa shape index (κ3) is 4.22. The number of benzene rings is 2. The Morgan fingerprint density at radius 2 is 1.73 bits per heavy atom. The zero-order valence-electron chi connectivity index (χ0n) is 14.6. The van der Waals surface area contributed by atoms with Crippen LogP contribution in [-0.4, -0.2) is 31.5 Å². The SMILES string of the molecule is C#CCOc1ccc(N(C)C(=O)c2ccc(C(=O)NC3CC3)cc2)cc1. The van der Waals surface area contributed by atoms with Crippen LogP contribution in [0, 0.1) is 12.3 Å². The fraction of sp³-hybridized carbons (Fsp3) is 0.238. The highest BCUT2D eigenvalue weighted by Crippen LogP contribution is 2.21. The number of carbonyl (C=O) groups excluding carboxylic acids is 2. The molecule has 3 rings (SSSR count). The first-order valence-corrected chi connectivity index (χ1v) is 8.44. The van der Waals surface area contributed by atoms with Crippen molar-refractivity contribution >= 4 is 17.5 Å². The lowest BCUT2D eigenvalue weighted by molar-refractivity contribution is 0.0948. The van der Waals surface area contributed by atoms with E-state index in [9.17, 15) is 9.59 Å². The number of ether oxygens (including phenoxy) is 1. The molecule has 0 spiro atoms. The summed E-state index contributed by atoms with van der Waals surface area (Å²) in [7, 11) is 1.70. The van der Waals surface area contributed by atoms with E-state index in [1.165, 1.54) is 0 Å². The Morgan fingerprint density at radius 3 is 2.31 bits per heavy atom. The second kappa shape index (κ2) is 7.75. The molecule has 0 saturated heterocycles. The van der Waals surface area contributed by atoms with Gasteiger partial charge < -0.3 is 15.0 Å². The Bertz CT molecular complexity index is 831. The summed E-state index contributed by atoms with van der Waals surface area (Å²) in [5.41, 5.74) is 1.81. The quantitative estimate of drug-likeness (QED) is 0.817. The van der Waals surface area contributed by atoms with Crippen LogP contribution in [0.5, 0.6) is 5.75 Å². The lowest BCUT2D eigenvalue weighted by atomic mass is 10.1. The van der Waals surface area contributed by atoms with Crippen molar-refractivity contribution in [3.8, 4) is 18.1 Å². The molecule has 0 heterocycles. The molecule has 2 aromatic carbocycles. The van der Waals surface area contributed by atoms with Gasteiger partial charge in [-0.25, -0.2) is 0 Å².